The lowest BCUT2D eigenvalue weighted by Gasteiger charge is -2.15. The number of phenols is 1. The Morgan fingerprint density at radius 3 is 2.57 bits per heavy atom. The average Bonchev–Trinajstić information content (AvgIpc) is 2.76. The number of aromatic nitrogens is 3. The number of primary amides is 1. The van der Waals surface area contributed by atoms with Crippen LogP contribution in [0.4, 0.5) is 5.82 Å². The number of amides is 1. The minimum atomic E-state index is -0.667. The number of phenolic OH excluding ortho intramolecular Hbond substituents is 1. The Kier molecular flexibility index (Phi) is 3.21. The molecule has 0 aliphatic carbocycles. The monoisotopic (exact) mass is 311 g/mol. The van der Waals surface area contributed by atoms with Gasteiger partial charge in [-0.2, -0.15) is 5.10 Å². The fourth-order valence-electron chi connectivity index (χ4n) is 2.84. The van der Waals surface area contributed by atoms with Crippen LogP contribution < -0.4 is 11.5 Å². The van der Waals surface area contributed by atoms with Crippen molar-refractivity contribution in [3.8, 4) is 11.4 Å². The SMILES string of the molecule is Cc1cc2c(nn1)c(C(N)=O)c(N)n2-c1c(C)ccc(O)c1C. The number of rotatable bonds is 2. The Hall–Kier alpha value is -3.09. The third-order valence-electron chi connectivity index (χ3n) is 3.94. The largest absolute Gasteiger partial charge is 0.508 e. The third-order valence-corrected chi connectivity index (χ3v) is 3.94. The van der Waals surface area contributed by atoms with Crippen molar-refractivity contribution in [3.63, 3.8) is 0 Å². The molecule has 7 nitrogen and oxygen atoms in total. The third kappa shape index (κ3) is 2.09. The van der Waals surface area contributed by atoms with Crippen molar-refractivity contribution in [2.45, 2.75) is 20.8 Å². The topological polar surface area (TPSA) is 120 Å². The minimum absolute atomic E-state index is 0.134. The predicted octanol–water partition coefficient (Wildman–Crippen LogP) is 1.73. The number of hydrogen-bond donors (Lipinski definition) is 3. The van der Waals surface area contributed by atoms with Crippen LogP contribution in [-0.4, -0.2) is 25.8 Å². The van der Waals surface area contributed by atoms with Crippen LogP contribution in [0.5, 0.6) is 5.75 Å². The van der Waals surface area contributed by atoms with Crippen LogP contribution in [0, 0.1) is 20.8 Å². The first-order valence-corrected chi connectivity index (χ1v) is 7.06. The van der Waals surface area contributed by atoms with Gasteiger partial charge in [0.05, 0.1) is 16.9 Å². The molecule has 0 spiro atoms. The van der Waals surface area contributed by atoms with Crippen molar-refractivity contribution in [1.82, 2.24) is 14.8 Å². The van der Waals surface area contributed by atoms with Crippen molar-refractivity contribution in [1.29, 1.82) is 0 Å². The zero-order valence-corrected chi connectivity index (χ0v) is 13.1. The van der Waals surface area contributed by atoms with Crippen LogP contribution in [0.2, 0.25) is 0 Å². The summed E-state index contributed by atoms with van der Waals surface area (Å²) in [5.41, 5.74) is 15.7. The molecule has 7 heteroatoms. The Bertz CT molecular complexity index is 959. The summed E-state index contributed by atoms with van der Waals surface area (Å²) in [5, 5.41) is 18.1. The molecule has 0 bridgehead atoms. The van der Waals surface area contributed by atoms with Gasteiger partial charge in [-0.15, -0.1) is 5.10 Å². The van der Waals surface area contributed by atoms with E-state index in [1.54, 1.807) is 36.6 Å². The second-order valence-electron chi connectivity index (χ2n) is 5.55. The van der Waals surface area contributed by atoms with Crippen LogP contribution >= 0.6 is 0 Å². The molecular formula is C16H17N5O2. The van der Waals surface area contributed by atoms with Gasteiger partial charge < -0.3 is 16.6 Å². The highest BCUT2D eigenvalue weighted by Crippen LogP contribution is 2.35. The highest BCUT2D eigenvalue weighted by atomic mass is 16.3. The molecule has 0 aliphatic rings. The molecule has 5 N–H and O–H groups in total. The summed E-state index contributed by atoms with van der Waals surface area (Å²) in [4.78, 5) is 11.8. The average molecular weight is 311 g/mol. The summed E-state index contributed by atoms with van der Waals surface area (Å²) in [6.45, 7) is 5.49. The second kappa shape index (κ2) is 4.98. The second-order valence-corrected chi connectivity index (χ2v) is 5.55. The maximum Gasteiger partial charge on any atom is 0.254 e. The zero-order valence-electron chi connectivity index (χ0n) is 13.1. The van der Waals surface area contributed by atoms with E-state index in [9.17, 15) is 9.90 Å². The molecule has 3 rings (SSSR count). The lowest BCUT2D eigenvalue weighted by atomic mass is 10.1. The maximum absolute atomic E-state index is 11.8. The number of aryl methyl sites for hydroxylation is 2. The normalized spacial score (nSPS) is 11.1. The molecule has 0 unspecified atom stereocenters. The maximum atomic E-state index is 11.8. The number of nitrogens with two attached hydrogens (primary N) is 2. The molecule has 1 amide bonds. The molecule has 0 saturated carbocycles. The molecule has 0 fully saturated rings. The van der Waals surface area contributed by atoms with Gasteiger partial charge in [0.2, 0.25) is 0 Å². The van der Waals surface area contributed by atoms with E-state index >= 15 is 0 Å². The number of fused-ring (bicyclic) bond motifs is 1. The lowest BCUT2D eigenvalue weighted by molar-refractivity contribution is 0.100. The van der Waals surface area contributed by atoms with Crippen LogP contribution in [0.25, 0.3) is 16.7 Å². The van der Waals surface area contributed by atoms with E-state index in [2.05, 4.69) is 10.2 Å². The number of benzene rings is 1. The first-order valence-electron chi connectivity index (χ1n) is 7.06. The number of aromatic hydroxyl groups is 1. The van der Waals surface area contributed by atoms with Gasteiger partial charge in [-0.1, -0.05) is 6.07 Å². The number of nitrogen functional groups attached to an aromatic ring is 1. The van der Waals surface area contributed by atoms with Gasteiger partial charge in [-0.05, 0) is 38.5 Å². The van der Waals surface area contributed by atoms with E-state index in [0.717, 1.165) is 5.56 Å². The number of carbonyl (C=O) groups excluding carboxylic acids is 1. The molecule has 0 radical (unpaired) electrons. The van der Waals surface area contributed by atoms with Crippen molar-refractivity contribution in [3.05, 3.63) is 40.6 Å². The number of hydrogen-bond acceptors (Lipinski definition) is 5. The van der Waals surface area contributed by atoms with Gasteiger partial charge in [0.1, 0.15) is 22.6 Å². The van der Waals surface area contributed by atoms with Gasteiger partial charge in [0, 0.05) is 5.56 Å². The first kappa shape index (κ1) is 14.8. The van der Waals surface area contributed by atoms with E-state index in [0.29, 0.717) is 28.0 Å². The predicted molar refractivity (Wildman–Crippen MR) is 87.7 cm³/mol. The molecule has 0 aliphatic heterocycles. The summed E-state index contributed by atoms with van der Waals surface area (Å²) in [5.74, 6) is -0.338. The zero-order chi connectivity index (χ0) is 16.9. The van der Waals surface area contributed by atoms with Gasteiger partial charge in [-0.25, -0.2) is 0 Å². The summed E-state index contributed by atoms with van der Waals surface area (Å²) >= 11 is 0. The molecule has 118 valence electrons. The minimum Gasteiger partial charge on any atom is -0.508 e. The number of anilines is 1. The molecular weight excluding hydrogens is 294 g/mol. The van der Waals surface area contributed by atoms with Crippen LogP contribution in [0.3, 0.4) is 0 Å². The molecule has 0 atom stereocenters. The highest BCUT2D eigenvalue weighted by molar-refractivity contribution is 6.10. The smallest absolute Gasteiger partial charge is 0.254 e. The van der Waals surface area contributed by atoms with Gasteiger partial charge in [0.25, 0.3) is 5.91 Å². The van der Waals surface area contributed by atoms with Gasteiger partial charge in [-0.3, -0.25) is 9.36 Å². The molecule has 3 aromatic rings. The highest BCUT2D eigenvalue weighted by Gasteiger charge is 2.24. The summed E-state index contributed by atoms with van der Waals surface area (Å²) < 4.78 is 1.70. The van der Waals surface area contributed by atoms with Crippen LogP contribution in [0.1, 0.15) is 27.2 Å². The number of carbonyl (C=O) groups is 1. The van der Waals surface area contributed by atoms with Crippen molar-refractivity contribution >= 4 is 22.8 Å². The quantitative estimate of drug-likeness (QED) is 0.665. The van der Waals surface area contributed by atoms with E-state index in [4.69, 9.17) is 11.5 Å². The van der Waals surface area contributed by atoms with E-state index in [1.165, 1.54) is 0 Å². The van der Waals surface area contributed by atoms with Crippen molar-refractivity contribution in [2.75, 3.05) is 5.73 Å². The Balaban J connectivity index is 2.53. The molecule has 0 saturated heterocycles. The first-order chi connectivity index (χ1) is 10.8. The molecule has 1 aromatic carbocycles. The fourth-order valence-corrected chi connectivity index (χ4v) is 2.84. The van der Waals surface area contributed by atoms with Crippen LogP contribution in [0.15, 0.2) is 18.2 Å². The van der Waals surface area contributed by atoms with E-state index in [-0.39, 0.29) is 17.1 Å². The van der Waals surface area contributed by atoms with Crippen molar-refractivity contribution in [2.24, 2.45) is 5.73 Å². The van der Waals surface area contributed by atoms with E-state index in [1.807, 2.05) is 6.92 Å². The summed E-state index contributed by atoms with van der Waals surface area (Å²) in [6.07, 6.45) is 0. The van der Waals surface area contributed by atoms with Gasteiger partial charge >= 0.3 is 0 Å². The summed E-state index contributed by atoms with van der Waals surface area (Å²) in [7, 11) is 0. The molecule has 2 heterocycles. The number of nitrogens with zero attached hydrogens (tertiary/aromatic N) is 3. The van der Waals surface area contributed by atoms with Crippen molar-refractivity contribution < 1.29 is 9.90 Å². The molecule has 2 aromatic heterocycles. The fraction of sp³-hybridized carbons (Fsp3) is 0.188. The summed E-state index contributed by atoms with van der Waals surface area (Å²) in [6, 6.07) is 5.19. The van der Waals surface area contributed by atoms with Gasteiger partial charge in [0.15, 0.2) is 0 Å². The standard InChI is InChI=1S/C16H17N5O2/c1-7-4-5-11(22)9(3)14(7)21-10-6-8(2)19-20-13(10)12(15(21)17)16(18)23/h4-6,22H,17H2,1-3H3,(H2,18,23). The van der Waals surface area contributed by atoms with Crippen LogP contribution in [-0.2, 0) is 0 Å². The van der Waals surface area contributed by atoms with E-state index < -0.39 is 5.91 Å². The Morgan fingerprint density at radius 2 is 1.91 bits per heavy atom. The Morgan fingerprint density at radius 1 is 1.22 bits per heavy atom. The molecule has 23 heavy (non-hydrogen) atoms. The Labute approximate surface area is 132 Å². The lowest BCUT2D eigenvalue weighted by Crippen LogP contribution is -2.14.